The zero-order valence-corrected chi connectivity index (χ0v) is 15.2. The number of hydrazone groups is 1. The molecule has 0 spiro atoms. The number of amides is 1. The standard InChI is InChI=1S/C22H20N2O3/c1-16-11-12-20(21(13-16)26-2)22(25)24-23-15-17-7-6-10-19(14-17)27-18-8-4-3-5-9-18/h3-15H,1-2H3,(H,24,25)/b23-15-. The molecule has 0 fully saturated rings. The molecule has 0 aliphatic heterocycles. The maximum absolute atomic E-state index is 12.3. The summed E-state index contributed by atoms with van der Waals surface area (Å²) in [5, 5.41) is 4.03. The molecule has 0 atom stereocenters. The zero-order valence-electron chi connectivity index (χ0n) is 15.2. The number of carbonyl (C=O) groups excluding carboxylic acids is 1. The van der Waals surface area contributed by atoms with Gasteiger partial charge < -0.3 is 9.47 Å². The fourth-order valence-electron chi connectivity index (χ4n) is 2.49. The lowest BCUT2D eigenvalue weighted by atomic mass is 10.1. The molecule has 3 aromatic rings. The van der Waals surface area contributed by atoms with Gasteiger partial charge in [-0.2, -0.15) is 5.10 Å². The Morgan fingerprint density at radius 2 is 1.74 bits per heavy atom. The molecule has 3 rings (SSSR count). The van der Waals surface area contributed by atoms with Crippen molar-refractivity contribution in [2.24, 2.45) is 5.10 Å². The molecular formula is C22H20N2O3. The Hall–Kier alpha value is -3.60. The van der Waals surface area contributed by atoms with E-state index in [-0.39, 0.29) is 5.91 Å². The van der Waals surface area contributed by atoms with Gasteiger partial charge in [0.2, 0.25) is 0 Å². The molecule has 5 nitrogen and oxygen atoms in total. The summed E-state index contributed by atoms with van der Waals surface area (Å²) in [5.41, 5.74) is 4.77. The smallest absolute Gasteiger partial charge is 0.275 e. The topological polar surface area (TPSA) is 59.9 Å². The number of carbonyl (C=O) groups is 1. The Bertz CT molecular complexity index is 953. The maximum atomic E-state index is 12.3. The summed E-state index contributed by atoms with van der Waals surface area (Å²) in [6.45, 7) is 1.94. The first-order chi connectivity index (χ1) is 13.2. The second-order valence-electron chi connectivity index (χ2n) is 5.89. The number of nitrogens with zero attached hydrogens (tertiary/aromatic N) is 1. The Labute approximate surface area is 158 Å². The average Bonchev–Trinajstić information content (AvgIpc) is 2.69. The first-order valence-corrected chi connectivity index (χ1v) is 8.47. The van der Waals surface area contributed by atoms with Crippen LogP contribution in [0.1, 0.15) is 21.5 Å². The van der Waals surface area contributed by atoms with Crippen LogP contribution in [-0.2, 0) is 0 Å². The Kier molecular flexibility index (Phi) is 5.84. The number of hydrogen-bond acceptors (Lipinski definition) is 4. The number of methoxy groups -OCH3 is 1. The largest absolute Gasteiger partial charge is 0.496 e. The van der Waals surface area contributed by atoms with E-state index in [9.17, 15) is 4.79 Å². The van der Waals surface area contributed by atoms with Gasteiger partial charge in [0.15, 0.2) is 0 Å². The minimum Gasteiger partial charge on any atom is -0.496 e. The van der Waals surface area contributed by atoms with Crippen LogP contribution >= 0.6 is 0 Å². The summed E-state index contributed by atoms with van der Waals surface area (Å²) >= 11 is 0. The minimum atomic E-state index is -0.334. The fourth-order valence-corrected chi connectivity index (χ4v) is 2.49. The van der Waals surface area contributed by atoms with Gasteiger partial charge in [0.05, 0.1) is 18.9 Å². The summed E-state index contributed by atoms with van der Waals surface area (Å²) in [6.07, 6.45) is 1.57. The van der Waals surface area contributed by atoms with Crippen LogP contribution in [0.3, 0.4) is 0 Å². The molecule has 1 N–H and O–H groups in total. The third kappa shape index (κ3) is 4.95. The van der Waals surface area contributed by atoms with E-state index < -0.39 is 0 Å². The molecule has 0 saturated heterocycles. The van der Waals surface area contributed by atoms with Crippen LogP contribution in [-0.4, -0.2) is 19.2 Å². The van der Waals surface area contributed by atoms with E-state index in [0.29, 0.717) is 17.1 Å². The van der Waals surface area contributed by atoms with Crippen LogP contribution < -0.4 is 14.9 Å². The Balaban J connectivity index is 1.66. The first kappa shape index (κ1) is 18.2. The average molecular weight is 360 g/mol. The van der Waals surface area contributed by atoms with Crippen molar-refractivity contribution in [2.75, 3.05) is 7.11 Å². The van der Waals surface area contributed by atoms with Crippen molar-refractivity contribution in [3.05, 3.63) is 89.5 Å². The highest BCUT2D eigenvalue weighted by molar-refractivity contribution is 5.97. The lowest BCUT2D eigenvalue weighted by Gasteiger charge is -2.08. The Morgan fingerprint density at radius 1 is 0.963 bits per heavy atom. The number of nitrogens with one attached hydrogen (secondary N) is 1. The molecule has 27 heavy (non-hydrogen) atoms. The lowest BCUT2D eigenvalue weighted by molar-refractivity contribution is 0.0952. The molecule has 136 valence electrons. The van der Waals surface area contributed by atoms with E-state index in [0.717, 1.165) is 16.9 Å². The summed E-state index contributed by atoms with van der Waals surface area (Å²) in [6, 6.07) is 22.3. The van der Waals surface area contributed by atoms with Gasteiger partial charge in [0.25, 0.3) is 5.91 Å². The van der Waals surface area contributed by atoms with Gasteiger partial charge in [-0.3, -0.25) is 4.79 Å². The molecule has 5 heteroatoms. The summed E-state index contributed by atoms with van der Waals surface area (Å²) in [7, 11) is 1.53. The van der Waals surface area contributed by atoms with Gasteiger partial charge in [-0.25, -0.2) is 5.43 Å². The SMILES string of the molecule is COc1cc(C)ccc1C(=O)N/N=C\c1cccc(Oc2ccccc2)c1. The zero-order chi connectivity index (χ0) is 19.1. The van der Waals surface area contributed by atoms with Crippen LogP contribution in [0.15, 0.2) is 77.9 Å². The highest BCUT2D eigenvalue weighted by Gasteiger charge is 2.11. The van der Waals surface area contributed by atoms with E-state index in [1.165, 1.54) is 7.11 Å². The predicted octanol–water partition coefficient (Wildman–Crippen LogP) is 4.56. The molecule has 0 aliphatic carbocycles. The van der Waals surface area contributed by atoms with Gasteiger partial charge >= 0.3 is 0 Å². The number of hydrogen-bond donors (Lipinski definition) is 1. The molecule has 0 unspecified atom stereocenters. The monoisotopic (exact) mass is 360 g/mol. The van der Waals surface area contributed by atoms with Crippen molar-refractivity contribution in [3.8, 4) is 17.2 Å². The molecule has 0 radical (unpaired) electrons. The highest BCUT2D eigenvalue weighted by Crippen LogP contribution is 2.21. The van der Waals surface area contributed by atoms with Gasteiger partial charge in [-0.1, -0.05) is 36.4 Å². The second kappa shape index (κ2) is 8.67. The van der Waals surface area contributed by atoms with E-state index in [4.69, 9.17) is 9.47 Å². The van der Waals surface area contributed by atoms with E-state index >= 15 is 0 Å². The number of ether oxygens (including phenoxy) is 2. The number of para-hydroxylation sites is 1. The van der Waals surface area contributed by atoms with Crippen LogP contribution in [0, 0.1) is 6.92 Å². The van der Waals surface area contributed by atoms with Crippen LogP contribution in [0.2, 0.25) is 0 Å². The second-order valence-corrected chi connectivity index (χ2v) is 5.89. The molecule has 1 amide bonds. The van der Waals surface area contributed by atoms with Crippen LogP contribution in [0.4, 0.5) is 0 Å². The van der Waals surface area contributed by atoms with Crippen LogP contribution in [0.5, 0.6) is 17.2 Å². The number of benzene rings is 3. The van der Waals surface area contributed by atoms with Crippen LogP contribution in [0.25, 0.3) is 0 Å². The van der Waals surface area contributed by atoms with Gasteiger partial charge in [-0.05, 0) is 54.4 Å². The third-order valence-electron chi connectivity index (χ3n) is 3.82. The third-order valence-corrected chi connectivity index (χ3v) is 3.82. The molecular weight excluding hydrogens is 340 g/mol. The van der Waals surface area contributed by atoms with Crippen molar-refractivity contribution in [2.45, 2.75) is 6.92 Å². The van der Waals surface area contributed by atoms with Gasteiger partial charge in [0.1, 0.15) is 17.2 Å². The van der Waals surface area contributed by atoms with Gasteiger partial charge in [0, 0.05) is 0 Å². The Morgan fingerprint density at radius 3 is 2.52 bits per heavy atom. The number of rotatable bonds is 6. The van der Waals surface area contributed by atoms with E-state index in [1.54, 1.807) is 12.3 Å². The predicted molar refractivity (Wildman–Crippen MR) is 106 cm³/mol. The number of aryl methyl sites for hydroxylation is 1. The van der Waals surface area contributed by atoms with Crippen molar-refractivity contribution in [1.82, 2.24) is 5.43 Å². The van der Waals surface area contributed by atoms with Crippen molar-refractivity contribution < 1.29 is 14.3 Å². The summed E-state index contributed by atoms with van der Waals surface area (Å²) < 4.78 is 11.0. The van der Waals surface area contributed by atoms with Gasteiger partial charge in [-0.15, -0.1) is 0 Å². The fraction of sp³-hybridized carbons (Fsp3) is 0.0909. The minimum absolute atomic E-state index is 0.334. The molecule has 0 aliphatic rings. The van der Waals surface area contributed by atoms with Crippen molar-refractivity contribution in [3.63, 3.8) is 0 Å². The summed E-state index contributed by atoms with van der Waals surface area (Å²) in [5.74, 6) is 1.63. The highest BCUT2D eigenvalue weighted by atomic mass is 16.5. The normalized spacial score (nSPS) is 10.6. The molecule has 0 saturated carbocycles. The van der Waals surface area contributed by atoms with E-state index in [1.807, 2.05) is 73.7 Å². The first-order valence-electron chi connectivity index (χ1n) is 8.47. The molecule has 0 bridgehead atoms. The molecule has 0 heterocycles. The molecule has 3 aromatic carbocycles. The molecule has 0 aromatic heterocycles. The lowest BCUT2D eigenvalue weighted by Crippen LogP contribution is -2.18. The summed E-state index contributed by atoms with van der Waals surface area (Å²) in [4.78, 5) is 12.3. The van der Waals surface area contributed by atoms with Crippen molar-refractivity contribution in [1.29, 1.82) is 0 Å². The maximum Gasteiger partial charge on any atom is 0.275 e. The van der Waals surface area contributed by atoms with Crippen molar-refractivity contribution >= 4 is 12.1 Å². The van der Waals surface area contributed by atoms with E-state index in [2.05, 4.69) is 10.5 Å². The quantitative estimate of drug-likeness (QED) is 0.518.